The number of aliphatic hydroxyl groups is 2. The second-order valence-corrected chi connectivity index (χ2v) is 7.26. The van der Waals surface area contributed by atoms with Crippen molar-refractivity contribution in [3.63, 3.8) is 0 Å². The van der Waals surface area contributed by atoms with Gasteiger partial charge in [-0.1, -0.05) is 46.3 Å². The molecule has 2 aromatic rings. The summed E-state index contributed by atoms with van der Waals surface area (Å²) < 4.78 is 12.0. The summed E-state index contributed by atoms with van der Waals surface area (Å²) in [7, 11) is 0. The summed E-state index contributed by atoms with van der Waals surface area (Å²) in [4.78, 5) is 12.2. The minimum atomic E-state index is -1.18. The molecule has 0 amide bonds. The SMILES string of the molecule is O=C(O[C@H]1CC[C@H](OCc2ccccc2)[C@H](O)[C@@H]1O)c1ccc(Br)cc1. The van der Waals surface area contributed by atoms with Gasteiger partial charge in [-0.25, -0.2) is 4.79 Å². The zero-order valence-electron chi connectivity index (χ0n) is 14.1. The van der Waals surface area contributed by atoms with E-state index in [1.807, 2.05) is 30.3 Å². The summed E-state index contributed by atoms with van der Waals surface area (Å²) >= 11 is 3.31. The first-order valence-electron chi connectivity index (χ1n) is 8.53. The Kier molecular flexibility index (Phi) is 6.43. The normalized spacial score (nSPS) is 25.7. The molecule has 2 aromatic carbocycles. The van der Waals surface area contributed by atoms with Gasteiger partial charge in [-0.05, 0) is 42.7 Å². The Morgan fingerprint density at radius 3 is 2.27 bits per heavy atom. The molecule has 0 aliphatic heterocycles. The molecule has 2 N–H and O–H groups in total. The quantitative estimate of drug-likeness (QED) is 0.726. The highest BCUT2D eigenvalue weighted by molar-refractivity contribution is 9.10. The van der Waals surface area contributed by atoms with E-state index in [-0.39, 0.29) is 0 Å². The molecule has 0 bridgehead atoms. The van der Waals surface area contributed by atoms with Gasteiger partial charge >= 0.3 is 5.97 Å². The monoisotopic (exact) mass is 420 g/mol. The van der Waals surface area contributed by atoms with Gasteiger partial charge in [0.25, 0.3) is 0 Å². The van der Waals surface area contributed by atoms with E-state index in [0.717, 1.165) is 10.0 Å². The van der Waals surface area contributed by atoms with Crippen molar-refractivity contribution in [2.75, 3.05) is 0 Å². The highest BCUT2D eigenvalue weighted by Crippen LogP contribution is 2.26. The van der Waals surface area contributed by atoms with Crippen molar-refractivity contribution in [2.24, 2.45) is 0 Å². The van der Waals surface area contributed by atoms with Gasteiger partial charge < -0.3 is 19.7 Å². The lowest BCUT2D eigenvalue weighted by Gasteiger charge is -2.36. The van der Waals surface area contributed by atoms with Crippen molar-refractivity contribution in [2.45, 2.75) is 43.9 Å². The number of carbonyl (C=O) groups excluding carboxylic acids is 1. The molecule has 26 heavy (non-hydrogen) atoms. The van der Waals surface area contributed by atoms with Gasteiger partial charge in [0.05, 0.1) is 18.3 Å². The Morgan fingerprint density at radius 1 is 0.962 bits per heavy atom. The van der Waals surface area contributed by atoms with E-state index in [9.17, 15) is 15.0 Å². The largest absolute Gasteiger partial charge is 0.456 e. The van der Waals surface area contributed by atoms with Crippen molar-refractivity contribution < 1.29 is 24.5 Å². The summed E-state index contributed by atoms with van der Waals surface area (Å²) in [5.41, 5.74) is 1.40. The van der Waals surface area contributed by atoms with Crippen LogP contribution < -0.4 is 0 Å². The number of ether oxygens (including phenoxy) is 2. The predicted octanol–water partition coefficient (Wildman–Crippen LogP) is 3.08. The van der Waals surface area contributed by atoms with Crippen molar-refractivity contribution >= 4 is 21.9 Å². The fraction of sp³-hybridized carbons (Fsp3) is 0.350. The molecule has 138 valence electrons. The number of aliphatic hydroxyl groups excluding tert-OH is 2. The number of esters is 1. The topological polar surface area (TPSA) is 76.0 Å². The molecule has 1 aliphatic rings. The first-order valence-corrected chi connectivity index (χ1v) is 9.32. The summed E-state index contributed by atoms with van der Waals surface area (Å²) in [6.45, 7) is 0.360. The first-order chi connectivity index (χ1) is 12.5. The standard InChI is InChI=1S/C20H21BrO5/c21-15-8-6-14(7-9-15)20(24)26-17-11-10-16(18(22)19(17)23)25-12-13-4-2-1-3-5-13/h1-9,16-19,22-23H,10-12H2/t16-,17-,18-,19+/m0/s1. The van der Waals surface area contributed by atoms with Gasteiger partial charge in [-0.2, -0.15) is 0 Å². The Balaban J connectivity index is 1.54. The van der Waals surface area contributed by atoms with E-state index in [0.29, 0.717) is 25.0 Å². The van der Waals surface area contributed by atoms with Crippen molar-refractivity contribution in [3.8, 4) is 0 Å². The van der Waals surface area contributed by atoms with Crippen LogP contribution in [-0.4, -0.2) is 40.6 Å². The molecule has 0 heterocycles. The van der Waals surface area contributed by atoms with Crippen LogP contribution >= 0.6 is 15.9 Å². The maximum atomic E-state index is 12.2. The lowest BCUT2D eigenvalue weighted by Crippen LogP contribution is -2.51. The third-order valence-electron chi connectivity index (χ3n) is 4.49. The molecule has 1 aliphatic carbocycles. The molecule has 0 spiro atoms. The Hall–Kier alpha value is -1.73. The molecule has 1 fully saturated rings. The van der Waals surface area contributed by atoms with Crippen LogP contribution in [0.3, 0.4) is 0 Å². The van der Waals surface area contributed by atoms with Gasteiger partial charge in [-0.3, -0.25) is 0 Å². The minimum Gasteiger partial charge on any atom is -0.456 e. The summed E-state index contributed by atoms with van der Waals surface area (Å²) in [6, 6.07) is 16.4. The number of carbonyl (C=O) groups is 1. The molecular formula is C20H21BrO5. The third kappa shape index (κ3) is 4.71. The number of rotatable bonds is 5. The molecular weight excluding hydrogens is 400 g/mol. The highest BCUT2D eigenvalue weighted by Gasteiger charge is 2.40. The van der Waals surface area contributed by atoms with E-state index < -0.39 is 30.4 Å². The van der Waals surface area contributed by atoms with Gasteiger partial charge in [0, 0.05) is 4.47 Å². The molecule has 0 unspecified atom stereocenters. The van der Waals surface area contributed by atoms with Gasteiger partial charge in [0.15, 0.2) is 0 Å². The van der Waals surface area contributed by atoms with E-state index in [1.54, 1.807) is 24.3 Å². The predicted molar refractivity (Wildman–Crippen MR) is 99.6 cm³/mol. The van der Waals surface area contributed by atoms with Crippen LogP contribution in [0.2, 0.25) is 0 Å². The van der Waals surface area contributed by atoms with Crippen LogP contribution in [0, 0.1) is 0 Å². The van der Waals surface area contributed by atoms with E-state index in [2.05, 4.69) is 15.9 Å². The second kappa shape index (κ2) is 8.77. The van der Waals surface area contributed by atoms with E-state index >= 15 is 0 Å². The summed E-state index contributed by atoms with van der Waals surface area (Å²) in [6.07, 6.45) is -2.59. The number of hydrogen-bond acceptors (Lipinski definition) is 5. The molecule has 1 saturated carbocycles. The number of halogens is 1. The lowest BCUT2D eigenvalue weighted by molar-refractivity contribution is -0.158. The Morgan fingerprint density at radius 2 is 1.58 bits per heavy atom. The summed E-state index contributed by atoms with van der Waals surface area (Å²) in [5, 5.41) is 20.7. The highest BCUT2D eigenvalue weighted by atomic mass is 79.9. The fourth-order valence-corrected chi connectivity index (χ4v) is 3.25. The van der Waals surface area contributed by atoms with Gasteiger partial charge in [0.1, 0.15) is 18.3 Å². The van der Waals surface area contributed by atoms with Crippen LogP contribution in [-0.2, 0) is 16.1 Å². The van der Waals surface area contributed by atoms with Gasteiger partial charge in [-0.15, -0.1) is 0 Å². The number of hydrogen-bond donors (Lipinski definition) is 2. The van der Waals surface area contributed by atoms with Crippen molar-refractivity contribution in [3.05, 3.63) is 70.2 Å². The Labute approximate surface area is 160 Å². The zero-order valence-corrected chi connectivity index (χ0v) is 15.7. The van der Waals surface area contributed by atoms with Crippen LogP contribution in [0.15, 0.2) is 59.1 Å². The van der Waals surface area contributed by atoms with E-state index in [4.69, 9.17) is 9.47 Å². The first kappa shape index (κ1) is 19.0. The van der Waals surface area contributed by atoms with Crippen LogP contribution in [0.1, 0.15) is 28.8 Å². The summed E-state index contributed by atoms with van der Waals surface area (Å²) in [5.74, 6) is -0.516. The molecule has 6 heteroatoms. The molecule has 4 atom stereocenters. The van der Waals surface area contributed by atoms with Crippen LogP contribution in [0.5, 0.6) is 0 Å². The maximum Gasteiger partial charge on any atom is 0.338 e. The van der Waals surface area contributed by atoms with E-state index in [1.165, 1.54) is 0 Å². The molecule has 3 rings (SSSR count). The smallest absolute Gasteiger partial charge is 0.338 e. The van der Waals surface area contributed by atoms with Crippen molar-refractivity contribution in [1.82, 2.24) is 0 Å². The molecule has 5 nitrogen and oxygen atoms in total. The van der Waals surface area contributed by atoms with Crippen molar-refractivity contribution in [1.29, 1.82) is 0 Å². The maximum absolute atomic E-state index is 12.2. The average molecular weight is 421 g/mol. The molecule has 0 radical (unpaired) electrons. The minimum absolute atomic E-state index is 0.360. The molecule has 0 aromatic heterocycles. The Bertz CT molecular complexity index is 719. The van der Waals surface area contributed by atoms with Crippen LogP contribution in [0.25, 0.3) is 0 Å². The second-order valence-electron chi connectivity index (χ2n) is 6.34. The molecule has 0 saturated heterocycles. The third-order valence-corrected chi connectivity index (χ3v) is 5.02. The average Bonchev–Trinajstić information content (AvgIpc) is 2.66. The lowest BCUT2D eigenvalue weighted by atomic mass is 9.89. The van der Waals surface area contributed by atoms with Gasteiger partial charge in [0.2, 0.25) is 0 Å². The van der Waals surface area contributed by atoms with Crippen LogP contribution in [0.4, 0.5) is 0 Å². The fourth-order valence-electron chi connectivity index (χ4n) is 2.99. The zero-order chi connectivity index (χ0) is 18.5. The number of benzene rings is 2.